The van der Waals surface area contributed by atoms with Crippen molar-refractivity contribution in [3.05, 3.63) is 0 Å². The molecule has 6 heteroatoms. The molecular formula is C5H12O5Zr. The van der Waals surface area contributed by atoms with Crippen LogP contribution in [-0.2, 0) is 36.0 Å². The molecule has 0 aliphatic rings. The summed E-state index contributed by atoms with van der Waals surface area (Å²) >= 11 is 0. The average molecular weight is 243 g/mol. The van der Waals surface area contributed by atoms with Crippen LogP contribution in [0.3, 0.4) is 0 Å². The molecule has 0 aromatic heterocycles. The predicted molar refractivity (Wildman–Crippen MR) is 33.4 cm³/mol. The Kier molecular flexibility index (Phi) is 20.3. The van der Waals surface area contributed by atoms with Gasteiger partial charge >= 0.3 is 5.97 Å². The molecule has 0 unspecified atom stereocenters. The van der Waals surface area contributed by atoms with E-state index in [0.29, 0.717) is 0 Å². The number of carbonyl (C=O) groups is 1. The van der Waals surface area contributed by atoms with E-state index in [-0.39, 0.29) is 38.5 Å². The van der Waals surface area contributed by atoms with Crippen molar-refractivity contribution < 1.29 is 51.7 Å². The van der Waals surface area contributed by atoms with Gasteiger partial charge in [0.25, 0.3) is 0 Å². The molecule has 0 aliphatic heterocycles. The number of hydrogen-bond acceptors (Lipinski definition) is 4. The number of rotatable bonds is 2. The van der Waals surface area contributed by atoms with E-state index in [1.165, 1.54) is 0 Å². The van der Waals surface area contributed by atoms with Crippen molar-refractivity contribution in [2.75, 3.05) is 0 Å². The van der Waals surface area contributed by atoms with Crippen molar-refractivity contribution >= 4 is 5.97 Å². The summed E-state index contributed by atoms with van der Waals surface area (Å²) in [7, 11) is 0. The maximum atomic E-state index is 9.81. The smallest absolute Gasteiger partial charge is 0.303 e. The summed E-state index contributed by atoms with van der Waals surface area (Å²) in [4.78, 5) is 9.81. The molecule has 11 heavy (non-hydrogen) atoms. The second-order valence-corrected chi connectivity index (χ2v) is 2.07. The van der Waals surface area contributed by atoms with Crippen LogP contribution < -0.4 is 0 Å². The van der Waals surface area contributed by atoms with Gasteiger partial charge in [0.05, 0.1) is 0 Å². The summed E-state index contributed by atoms with van der Waals surface area (Å²) in [5, 5.41) is 23.6. The van der Waals surface area contributed by atoms with E-state index in [4.69, 9.17) is 15.6 Å². The normalized spacial score (nSPS) is 7.73. The third kappa shape index (κ3) is 38.7. The van der Waals surface area contributed by atoms with E-state index in [0.717, 1.165) is 0 Å². The molecule has 0 rings (SSSR count). The molecule has 0 saturated carbocycles. The first-order valence-corrected chi connectivity index (χ1v) is 2.71. The minimum absolute atomic E-state index is 0. The van der Waals surface area contributed by atoms with Crippen LogP contribution in [0, 0.1) is 5.92 Å². The maximum Gasteiger partial charge on any atom is 0.303 e. The largest absolute Gasteiger partial charge is 0.481 e. The first kappa shape index (κ1) is 17.4. The Morgan fingerprint density at radius 3 is 1.73 bits per heavy atom. The third-order valence-corrected chi connectivity index (χ3v) is 0.583. The molecule has 0 atom stereocenters. The molecule has 0 aromatic carbocycles. The summed E-state index contributed by atoms with van der Waals surface area (Å²) in [5.74, 6) is -0.438. The van der Waals surface area contributed by atoms with Gasteiger partial charge in [-0.15, -0.1) is 0 Å². The molecule has 0 fully saturated rings. The van der Waals surface area contributed by atoms with Crippen LogP contribution in [0.4, 0.5) is 0 Å². The molecule has 0 saturated heterocycles. The van der Waals surface area contributed by atoms with Crippen molar-refractivity contribution in [1.82, 2.24) is 0 Å². The Hall–Kier alpha value is 0.233. The molecule has 3 N–H and O–H groups in total. The Labute approximate surface area is 84.0 Å². The summed E-state index contributed by atoms with van der Waals surface area (Å²) in [6, 6.07) is 0. The zero-order valence-electron chi connectivity index (χ0n) is 6.44. The quantitative estimate of drug-likeness (QED) is 0.499. The number of hydrogen-bond donors (Lipinski definition) is 3. The van der Waals surface area contributed by atoms with E-state index >= 15 is 0 Å². The van der Waals surface area contributed by atoms with Crippen LogP contribution in [-0.4, -0.2) is 21.6 Å². The van der Waals surface area contributed by atoms with Crippen molar-refractivity contribution in [3.8, 4) is 0 Å². The van der Waals surface area contributed by atoms with E-state index in [1.807, 2.05) is 13.8 Å². The Morgan fingerprint density at radius 1 is 1.45 bits per heavy atom. The molecular weight excluding hydrogens is 231 g/mol. The Morgan fingerprint density at radius 2 is 1.73 bits per heavy atom. The Balaban J connectivity index is -0.000000140. The van der Waals surface area contributed by atoms with Gasteiger partial charge in [-0.1, -0.05) is 18.9 Å². The van der Waals surface area contributed by atoms with E-state index < -0.39 is 5.97 Å². The van der Waals surface area contributed by atoms with Crippen LogP contribution in [0.15, 0.2) is 0 Å². The second kappa shape index (κ2) is 12.9. The van der Waals surface area contributed by atoms with Gasteiger partial charge in [-0.05, 0) is 5.92 Å². The predicted octanol–water partition coefficient (Wildman–Crippen LogP) is 1.06. The van der Waals surface area contributed by atoms with Crippen LogP contribution in [0.25, 0.3) is 0 Å². The van der Waals surface area contributed by atoms with Gasteiger partial charge < -0.3 is 5.11 Å². The Bertz CT molecular complexity index is 84.9. The molecule has 0 amide bonds. The standard InChI is InChI=1S/C5H10O2.H2O3.Zr/c1-4(2)3-5(6)7;1-3-2;/h4H,3H2,1-2H3,(H,6,7);1-2H;. The van der Waals surface area contributed by atoms with Gasteiger partial charge in [0.2, 0.25) is 0 Å². The summed E-state index contributed by atoms with van der Waals surface area (Å²) in [6.45, 7) is 3.77. The summed E-state index contributed by atoms with van der Waals surface area (Å²) in [5.41, 5.74) is 0. The van der Waals surface area contributed by atoms with Crippen LogP contribution in [0.1, 0.15) is 20.3 Å². The molecule has 66 valence electrons. The minimum Gasteiger partial charge on any atom is -0.481 e. The number of aliphatic carboxylic acids is 1. The van der Waals surface area contributed by atoms with Crippen molar-refractivity contribution in [1.29, 1.82) is 0 Å². The van der Waals surface area contributed by atoms with Gasteiger partial charge in [-0.25, -0.2) is 10.5 Å². The van der Waals surface area contributed by atoms with Crippen molar-refractivity contribution in [2.24, 2.45) is 5.92 Å². The average Bonchev–Trinajstić information content (AvgIpc) is 1.62. The minimum atomic E-state index is -0.713. The molecule has 5 nitrogen and oxygen atoms in total. The zero-order chi connectivity index (χ0) is 8.57. The monoisotopic (exact) mass is 242 g/mol. The van der Waals surface area contributed by atoms with Crippen molar-refractivity contribution in [3.63, 3.8) is 0 Å². The topological polar surface area (TPSA) is 87.0 Å². The van der Waals surface area contributed by atoms with Gasteiger partial charge in [0, 0.05) is 32.6 Å². The van der Waals surface area contributed by atoms with E-state index in [9.17, 15) is 4.79 Å². The van der Waals surface area contributed by atoms with Gasteiger partial charge in [0.15, 0.2) is 0 Å². The SMILES string of the molecule is CC(C)CC(=O)O.OOO.[Zr]. The van der Waals surface area contributed by atoms with Gasteiger partial charge in [0.1, 0.15) is 0 Å². The fourth-order valence-corrected chi connectivity index (χ4v) is 0.349. The summed E-state index contributed by atoms with van der Waals surface area (Å²) in [6.07, 6.45) is 0.278. The van der Waals surface area contributed by atoms with E-state index in [2.05, 4.69) is 5.04 Å². The van der Waals surface area contributed by atoms with Crippen LogP contribution >= 0.6 is 0 Å². The molecule has 0 aliphatic carbocycles. The van der Waals surface area contributed by atoms with Gasteiger partial charge in [-0.3, -0.25) is 4.79 Å². The molecule has 0 radical (unpaired) electrons. The number of carboxylic acid groups (broad SMARTS) is 1. The van der Waals surface area contributed by atoms with Crippen molar-refractivity contribution in [2.45, 2.75) is 20.3 Å². The molecule has 0 spiro atoms. The molecule has 0 heterocycles. The maximum absolute atomic E-state index is 9.81. The third-order valence-electron chi connectivity index (χ3n) is 0.583. The van der Waals surface area contributed by atoms with Crippen LogP contribution in [0.5, 0.6) is 0 Å². The van der Waals surface area contributed by atoms with Gasteiger partial charge in [-0.2, -0.15) is 0 Å². The second-order valence-electron chi connectivity index (χ2n) is 2.07. The fourth-order valence-electron chi connectivity index (χ4n) is 0.349. The fraction of sp³-hybridized carbons (Fsp3) is 0.800. The van der Waals surface area contributed by atoms with Crippen LogP contribution in [0.2, 0.25) is 0 Å². The summed E-state index contributed by atoms with van der Waals surface area (Å²) < 4.78 is 0. The van der Waals surface area contributed by atoms with E-state index in [1.54, 1.807) is 0 Å². The zero-order valence-corrected chi connectivity index (χ0v) is 8.90. The number of carboxylic acids is 1. The first-order chi connectivity index (χ1) is 4.54. The molecule has 0 aromatic rings. The molecule has 0 bridgehead atoms. The first-order valence-electron chi connectivity index (χ1n) is 2.71.